The second-order valence-corrected chi connectivity index (χ2v) is 7.27. The van der Waals surface area contributed by atoms with Gasteiger partial charge >= 0.3 is 0 Å². The van der Waals surface area contributed by atoms with Crippen LogP contribution in [-0.4, -0.2) is 86.6 Å². The van der Waals surface area contributed by atoms with Crippen molar-refractivity contribution in [1.82, 2.24) is 20.0 Å². The van der Waals surface area contributed by atoms with Crippen molar-refractivity contribution in [1.29, 1.82) is 0 Å². The Kier molecular flexibility index (Phi) is 10.5. The Labute approximate surface area is 166 Å². The Morgan fingerprint density at radius 2 is 1.96 bits per heavy atom. The van der Waals surface area contributed by atoms with Gasteiger partial charge in [-0.3, -0.25) is 9.89 Å². The lowest BCUT2D eigenvalue weighted by Gasteiger charge is -2.31. The molecule has 0 aromatic carbocycles. The average Bonchev–Trinajstić information content (AvgIpc) is 2.98. The lowest BCUT2D eigenvalue weighted by Crippen LogP contribution is -2.46. The van der Waals surface area contributed by atoms with Crippen LogP contribution in [-0.2, 0) is 0 Å². The minimum atomic E-state index is 0. The van der Waals surface area contributed by atoms with Gasteiger partial charge in [0.2, 0.25) is 0 Å². The molecule has 0 amide bonds. The first-order chi connectivity index (χ1) is 11.1. The van der Waals surface area contributed by atoms with Crippen LogP contribution >= 0.6 is 24.0 Å². The van der Waals surface area contributed by atoms with E-state index in [-0.39, 0.29) is 24.0 Å². The van der Waals surface area contributed by atoms with Crippen molar-refractivity contribution in [2.24, 2.45) is 10.9 Å². The van der Waals surface area contributed by atoms with E-state index in [0.29, 0.717) is 6.04 Å². The molecule has 0 spiro atoms. The molecule has 24 heavy (non-hydrogen) atoms. The molecule has 2 atom stereocenters. The summed E-state index contributed by atoms with van der Waals surface area (Å²) < 4.78 is 0. The highest BCUT2D eigenvalue weighted by molar-refractivity contribution is 14.0. The molecule has 2 aliphatic heterocycles. The molecule has 6 heteroatoms. The summed E-state index contributed by atoms with van der Waals surface area (Å²) in [6, 6.07) is 0.690. The summed E-state index contributed by atoms with van der Waals surface area (Å²) in [4.78, 5) is 12.3. The van der Waals surface area contributed by atoms with Gasteiger partial charge < -0.3 is 15.1 Å². The van der Waals surface area contributed by atoms with E-state index < -0.39 is 0 Å². The maximum atomic E-state index is 4.95. The van der Waals surface area contributed by atoms with Gasteiger partial charge in [-0.2, -0.15) is 0 Å². The van der Waals surface area contributed by atoms with Crippen molar-refractivity contribution < 1.29 is 0 Å². The third-order valence-electron chi connectivity index (χ3n) is 5.31. The van der Waals surface area contributed by atoms with Crippen LogP contribution in [0.5, 0.6) is 0 Å². The summed E-state index contributed by atoms with van der Waals surface area (Å²) >= 11 is 0. The number of hydrogen-bond donors (Lipinski definition) is 1. The van der Waals surface area contributed by atoms with Crippen molar-refractivity contribution in [3.63, 3.8) is 0 Å². The minimum absolute atomic E-state index is 0. The first-order valence-corrected chi connectivity index (χ1v) is 9.56. The smallest absolute Gasteiger partial charge is 0.193 e. The Hall–Kier alpha value is -0.0800. The molecular weight excluding hydrogens is 413 g/mol. The zero-order valence-corrected chi connectivity index (χ0v) is 18.5. The van der Waals surface area contributed by atoms with Gasteiger partial charge in [-0.15, -0.1) is 24.0 Å². The molecule has 5 nitrogen and oxygen atoms in total. The number of nitrogens with one attached hydrogen (secondary N) is 1. The summed E-state index contributed by atoms with van der Waals surface area (Å²) in [5.74, 6) is 1.80. The molecule has 2 aliphatic rings. The minimum Gasteiger partial charge on any atom is -0.357 e. The summed E-state index contributed by atoms with van der Waals surface area (Å²) in [6.45, 7) is 12.3. The van der Waals surface area contributed by atoms with Crippen molar-refractivity contribution >= 4 is 29.9 Å². The number of aliphatic imine (C=N–C) groups is 1. The molecule has 0 aromatic heterocycles. The number of piperidine rings is 1. The number of hydrogen-bond acceptors (Lipinski definition) is 3. The van der Waals surface area contributed by atoms with Crippen LogP contribution < -0.4 is 5.32 Å². The second-order valence-electron chi connectivity index (χ2n) is 7.27. The van der Waals surface area contributed by atoms with Crippen LogP contribution in [0.1, 0.15) is 39.5 Å². The molecule has 2 unspecified atom stereocenters. The van der Waals surface area contributed by atoms with Gasteiger partial charge in [0.15, 0.2) is 5.96 Å². The lowest BCUT2D eigenvalue weighted by atomic mass is 9.99. The molecular formula is C18H38IN5. The monoisotopic (exact) mass is 451 g/mol. The number of nitrogens with zero attached hydrogens (tertiary/aromatic N) is 4. The fourth-order valence-corrected chi connectivity index (χ4v) is 4.03. The SMILES string of the molecule is CCNC(=NCC1CCCN(C)C1)N(C)CC1CCCN1CC.I. The largest absolute Gasteiger partial charge is 0.357 e. The van der Waals surface area contributed by atoms with Gasteiger partial charge in [0, 0.05) is 39.3 Å². The third-order valence-corrected chi connectivity index (χ3v) is 5.31. The molecule has 2 rings (SSSR count). The van der Waals surface area contributed by atoms with Gasteiger partial charge in [-0.25, -0.2) is 0 Å². The number of likely N-dealkylation sites (tertiary alicyclic amines) is 2. The standard InChI is InChI=1S/C18H37N5.HI/c1-5-19-18(20-13-16-9-7-11-21(3)14-16)22(4)15-17-10-8-12-23(17)6-2;/h16-17H,5-15H2,1-4H3,(H,19,20);1H. The zero-order chi connectivity index (χ0) is 16.7. The topological polar surface area (TPSA) is 34.1 Å². The third kappa shape index (κ3) is 6.67. The van der Waals surface area contributed by atoms with Crippen molar-refractivity contribution in [2.45, 2.75) is 45.6 Å². The number of guanidine groups is 1. The van der Waals surface area contributed by atoms with Gasteiger partial charge in [0.05, 0.1) is 0 Å². The molecule has 0 aliphatic carbocycles. The Bertz CT molecular complexity index is 376. The molecule has 0 saturated carbocycles. The lowest BCUT2D eigenvalue weighted by molar-refractivity contribution is 0.213. The average molecular weight is 451 g/mol. The second kappa shape index (κ2) is 11.5. The summed E-state index contributed by atoms with van der Waals surface area (Å²) in [6.07, 6.45) is 5.30. The van der Waals surface area contributed by atoms with Crippen LogP contribution in [0, 0.1) is 5.92 Å². The van der Waals surface area contributed by atoms with Crippen LogP contribution in [0.3, 0.4) is 0 Å². The van der Waals surface area contributed by atoms with Crippen molar-refractivity contribution in [3.8, 4) is 0 Å². The number of halogens is 1. The maximum absolute atomic E-state index is 4.95. The predicted molar refractivity (Wildman–Crippen MR) is 115 cm³/mol. The van der Waals surface area contributed by atoms with Gasteiger partial charge in [0.1, 0.15) is 0 Å². The molecule has 2 saturated heterocycles. The Balaban J connectivity index is 0.00000288. The first-order valence-electron chi connectivity index (χ1n) is 9.56. The molecule has 1 N–H and O–H groups in total. The van der Waals surface area contributed by atoms with E-state index >= 15 is 0 Å². The Morgan fingerprint density at radius 1 is 1.21 bits per heavy atom. The van der Waals surface area contributed by atoms with E-state index in [1.54, 1.807) is 0 Å². The van der Waals surface area contributed by atoms with Crippen LogP contribution in [0.2, 0.25) is 0 Å². The summed E-state index contributed by atoms with van der Waals surface area (Å²) in [7, 11) is 4.42. The van der Waals surface area contributed by atoms with E-state index in [9.17, 15) is 0 Å². The van der Waals surface area contributed by atoms with E-state index in [0.717, 1.165) is 31.5 Å². The zero-order valence-electron chi connectivity index (χ0n) is 16.1. The van der Waals surface area contributed by atoms with Crippen molar-refractivity contribution in [3.05, 3.63) is 0 Å². The quantitative estimate of drug-likeness (QED) is 0.382. The van der Waals surface area contributed by atoms with E-state index in [1.807, 2.05) is 0 Å². The van der Waals surface area contributed by atoms with Gasteiger partial charge in [-0.05, 0) is 65.2 Å². The predicted octanol–water partition coefficient (Wildman–Crippen LogP) is 2.33. The van der Waals surface area contributed by atoms with E-state index in [2.05, 4.69) is 48.0 Å². The number of rotatable bonds is 6. The first kappa shape index (κ1) is 22.0. The highest BCUT2D eigenvalue weighted by atomic mass is 127. The highest BCUT2D eigenvalue weighted by Gasteiger charge is 2.25. The van der Waals surface area contributed by atoms with E-state index in [4.69, 9.17) is 4.99 Å². The fraction of sp³-hybridized carbons (Fsp3) is 0.944. The summed E-state index contributed by atoms with van der Waals surface area (Å²) in [5, 5.41) is 3.48. The van der Waals surface area contributed by atoms with Gasteiger partial charge in [-0.1, -0.05) is 6.92 Å². The molecule has 142 valence electrons. The van der Waals surface area contributed by atoms with Crippen molar-refractivity contribution in [2.75, 3.05) is 59.9 Å². The van der Waals surface area contributed by atoms with Crippen LogP contribution in [0.15, 0.2) is 4.99 Å². The van der Waals surface area contributed by atoms with E-state index in [1.165, 1.54) is 51.9 Å². The van der Waals surface area contributed by atoms with Crippen LogP contribution in [0.25, 0.3) is 0 Å². The molecule has 0 aromatic rings. The highest BCUT2D eigenvalue weighted by Crippen LogP contribution is 2.18. The fourth-order valence-electron chi connectivity index (χ4n) is 4.03. The molecule has 0 radical (unpaired) electrons. The number of likely N-dealkylation sites (N-methyl/N-ethyl adjacent to an activating group) is 2. The summed E-state index contributed by atoms with van der Waals surface area (Å²) in [5.41, 5.74) is 0. The molecule has 2 heterocycles. The maximum Gasteiger partial charge on any atom is 0.193 e. The molecule has 2 fully saturated rings. The Morgan fingerprint density at radius 3 is 2.62 bits per heavy atom. The van der Waals surface area contributed by atoms with Crippen LogP contribution in [0.4, 0.5) is 0 Å². The normalized spacial score (nSPS) is 26.2. The molecule has 0 bridgehead atoms. The van der Waals surface area contributed by atoms with Gasteiger partial charge in [0.25, 0.3) is 0 Å².